The van der Waals surface area contributed by atoms with Crippen LogP contribution in [0, 0.1) is 17.8 Å². The van der Waals surface area contributed by atoms with Gasteiger partial charge in [-0.15, -0.1) is 0 Å². The highest BCUT2D eigenvalue weighted by atomic mass is 16.5. The van der Waals surface area contributed by atoms with Gasteiger partial charge in [0.15, 0.2) is 0 Å². The fourth-order valence-electron chi connectivity index (χ4n) is 3.72. The van der Waals surface area contributed by atoms with Crippen LogP contribution in [0.3, 0.4) is 0 Å². The number of nitrogens with two attached hydrogens (primary N) is 1. The number of hydrogen-bond acceptors (Lipinski definition) is 2. The number of hydrogen-bond donors (Lipinski definition) is 1. The third kappa shape index (κ3) is 2.60. The first kappa shape index (κ1) is 12.4. The van der Waals surface area contributed by atoms with E-state index in [-0.39, 0.29) is 0 Å². The van der Waals surface area contributed by atoms with Crippen LogP contribution in [0.1, 0.15) is 52.4 Å². The molecule has 0 amide bonds. The molecule has 2 heteroatoms. The Labute approximate surface area is 99.9 Å². The molecule has 2 nitrogen and oxygen atoms in total. The molecule has 2 aliphatic rings. The summed E-state index contributed by atoms with van der Waals surface area (Å²) in [5.41, 5.74) is 6.50. The first-order valence-corrected chi connectivity index (χ1v) is 7.09. The second-order valence-electron chi connectivity index (χ2n) is 5.83. The van der Waals surface area contributed by atoms with Crippen molar-refractivity contribution in [3.05, 3.63) is 0 Å². The van der Waals surface area contributed by atoms with E-state index in [1.165, 1.54) is 38.5 Å². The maximum Gasteiger partial charge on any atom is 0.0551 e. The van der Waals surface area contributed by atoms with Crippen LogP contribution in [0.15, 0.2) is 0 Å². The van der Waals surface area contributed by atoms with Crippen LogP contribution in [0.25, 0.3) is 0 Å². The Morgan fingerprint density at radius 1 is 1.31 bits per heavy atom. The van der Waals surface area contributed by atoms with Crippen LogP contribution in [-0.2, 0) is 4.74 Å². The maximum atomic E-state index is 6.50. The molecule has 2 N–H and O–H groups in total. The zero-order valence-electron chi connectivity index (χ0n) is 10.8. The molecule has 1 aliphatic heterocycles. The quantitative estimate of drug-likeness (QED) is 0.801. The summed E-state index contributed by atoms with van der Waals surface area (Å²) in [5.74, 6) is 2.25. The molecule has 0 aromatic rings. The highest BCUT2D eigenvalue weighted by molar-refractivity contribution is 4.89. The average Bonchev–Trinajstić information content (AvgIpc) is 2.75. The van der Waals surface area contributed by atoms with Crippen LogP contribution in [0.5, 0.6) is 0 Å². The Balaban J connectivity index is 1.93. The predicted molar refractivity (Wildman–Crippen MR) is 67.2 cm³/mol. The van der Waals surface area contributed by atoms with E-state index in [2.05, 4.69) is 13.8 Å². The fraction of sp³-hybridized carbons (Fsp3) is 1.00. The van der Waals surface area contributed by atoms with E-state index in [4.69, 9.17) is 10.5 Å². The van der Waals surface area contributed by atoms with E-state index in [9.17, 15) is 0 Å². The van der Waals surface area contributed by atoms with Crippen LogP contribution < -0.4 is 5.73 Å². The topological polar surface area (TPSA) is 35.2 Å². The van der Waals surface area contributed by atoms with Crippen molar-refractivity contribution in [2.24, 2.45) is 23.5 Å². The number of ether oxygens (including phenoxy) is 1. The van der Waals surface area contributed by atoms with Gasteiger partial charge in [0.05, 0.1) is 12.7 Å². The van der Waals surface area contributed by atoms with E-state index in [0.717, 1.165) is 18.4 Å². The van der Waals surface area contributed by atoms with Crippen molar-refractivity contribution in [1.82, 2.24) is 0 Å². The largest absolute Gasteiger partial charge is 0.378 e. The van der Waals surface area contributed by atoms with Crippen molar-refractivity contribution in [2.45, 2.75) is 64.5 Å². The Kier molecular flexibility index (Phi) is 4.26. The molecule has 1 aliphatic carbocycles. The van der Waals surface area contributed by atoms with Crippen LogP contribution in [0.2, 0.25) is 0 Å². The molecule has 0 radical (unpaired) electrons. The van der Waals surface area contributed by atoms with Gasteiger partial charge in [-0.25, -0.2) is 0 Å². The fourth-order valence-corrected chi connectivity index (χ4v) is 3.72. The van der Waals surface area contributed by atoms with E-state index in [1.807, 2.05) is 0 Å². The van der Waals surface area contributed by atoms with Crippen LogP contribution in [0.4, 0.5) is 0 Å². The predicted octanol–water partition coefficient (Wildman–Crippen LogP) is 2.96. The molecular formula is C14H27NO. The second-order valence-corrected chi connectivity index (χ2v) is 5.83. The van der Waals surface area contributed by atoms with E-state index in [1.54, 1.807) is 0 Å². The lowest BCUT2D eigenvalue weighted by atomic mass is 9.71. The highest BCUT2D eigenvalue weighted by Gasteiger charge is 2.36. The van der Waals surface area contributed by atoms with Gasteiger partial charge in [-0.05, 0) is 31.6 Å². The molecule has 2 fully saturated rings. The van der Waals surface area contributed by atoms with Crippen LogP contribution in [-0.4, -0.2) is 18.8 Å². The smallest absolute Gasteiger partial charge is 0.0551 e. The van der Waals surface area contributed by atoms with Crippen LogP contribution >= 0.6 is 0 Å². The molecule has 16 heavy (non-hydrogen) atoms. The molecule has 0 spiro atoms. The van der Waals surface area contributed by atoms with Gasteiger partial charge in [-0.2, -0.15) is 0 Å². The molecule has 1 saturated carbocycles. The monoisotopic (exact) mass is 225 g/mol. The average molecular weight is 225 g/mol. The van der Waals surface area contributed by atoms with Crippen molar-refractivity contribution >= 4 is 0 Å². The van der Waals surface area contributed by atoms with E-state index < -0.39 is 0 Å². The minimum absolute atomic E-state index is 0.384. The van der Waals surface area contributed by atoms with E-state index in [0.29, 0.717) is 18.1 Å². The normalized spacial score (nSPS) is 42.2. The highest BCUT2D eigenvalue weighted by Crippen LogP contribution is 2.37. The lowest BCUT2D eigenvalue weighted by Gasteiger charge is -2.37. The zero-order valence-corrected chi connectivity index (χ0v) is 10.8. The summed E-state index contributed by atoms with van der Waals surface area (Å²) in [6, 6.07) is 0.384. The van der Waals surface area contributed by atoms with Crippen molar-refractivity contribution < 1.29 is 4.74 Å². The van der Waals surface area contributed by atoms with Gasteiger partial charge in [0.25, 0.3) is 0 Å². The van der Waals surface area contributed by atoms with Gasteiger partial charge in [-0.1, -0.05) is 32.6 Å². The lowest BCUT2D eigenvalue weighted by molar-refractivity contribution is 0.107. The first-order valence-electron chi connectivity index (χ1n) is 7.09. The second kappa shape index (κ2) is 5.50. The molecule has 0 aromatic heterocycles. The van der Waals surface area contributed by atoms with Gasteiger partial charge in [-0.3, -0.25) is 0 Å². The molecule has 5 unspecified atom stereocenters. The standard InChI is InChI=1S/C14H27NO/c1-3-11-6-4-5-7-13(11)14(15)12-8-10(2)16-9-12/h10-14H,3-9,15H2,1-2H3. The third-order valence-corrected chi connectivity index (χ3v) is 4.76. The van der Waals surface area contributed by atoms with Crippen molar-refractivity contribution in [2.75, 3.05) is 6.61 Å². The van der Waals surface area contributed by atoms with Crippen molar-refractivity contribution in [1.29, 1.82) is 0 Å². The SMILES string of the molecule is CCC1CCCCC1C(N)C1COC(C)C1. The Morgan fingerprint density at radius 2 is 2.06 bits per heavy atom. The number of rotatable bonds is 3. The van der Waals surface area contributed by atoms with Gasteiger partial charge in [0.2, 0.25) is 0 Å². The molecule has 0 aromatic carbocycles. The molecule has 94 valence electrons. The molecule has 2 rings (SSSR count). The summed E-state index contributed by atoms with van der Waals surface area (Å²) in [4.78, 5) is 0. The molecule has 0 bridgehead atoms. The summed E-state index contributed by atoms with van der Waals surface area (Å²) in [7, 11) is 0. The van der Waals surface area contributed by atoms with Gasteiger partial charge in [0, 0.05) is 12.0 Å². The minimum Gasteiger partial charge on any atom is -0.378 e. The Bertz CT molecular complexity index is 219. The summed E-state index contributed by atoms with van der Waals surface area (Å²) in [5, 5.41) is 0. The molecule has 1 heterocycles. The van der Waals surface area contributed by atoms with E-state index >= 15 is 0 Å². The first-order chi connectivity index (χ1) is 7.72. The van der Waals surface area contributed by atoms with Gasteiger partial charge < -0.3 is 10.5 Å². The Hall–Kier alpha value is -0.0800. The van der Waals surface area contributed by atoms with Gasteiger partial charge in [0.1, 0.15) is 0 Å². The minimum atomic E-state index is 0.384. The zero-order chi connectivity index (χ0) is 11.5. The summed E-state index contributed by atoms with van der Waals surface area (Å²) >= 11 is 0. The van der Waals surface area contributed by atoms with Crippen molar-refractivity contribution in [3.63, 3.8) is 0 Å². The summed E-state index contributed by atoms with van der Waals surface area (Å²) < 4.78 is 5.67. The summed E-state index contributed by atoms with van der Waals surface area (Å²) in [6.07, 6.45) is 8.47. The molecule has 1 saturated heterocycles. The third-order valence-electron chi connectivity index (χ3n) is 4.76. The van der Waals surface area contributed by atoms with Gasteiger partial charge >= 0.3 is 0 Å². The Morgan fingerprint density at radius 3 is 2.69 bits per heavy atom. The maximum absolute atomic E-state index is 6.50. The molecule has 5 atom stereocenters. The van der Waals surface area contributed by atoms with Crippen molar-refractivity contribution in [3.8, 4) is 0 Å². The summed E-state index contributed by atoms with van der Waals surface area (Å²) in [6.45, 7) is 5.39. The molecular weight excluding hydrogens is 198 g/mol. The lowest BCUT2D eigenvalue weighted by Crippen LogP contribution is -2.42.